The van der Waals surface area contributed by atoms with Gasteiger partial charge in [-0.2, -0.15) is 0 Å². The molecule has 0 aliphatic carbocycles. The van der Waals surface area contributed by atoms with Crippen molar-refractivity contribution in [1.29, 1.82) is 0 Å². The maximum Gasteiger partial charge on any atom is 0.336 e. The van der Waals surface area contributed by atoms with Gasteiger partial charge in [-0.1, -0.05) is 0 Å². The fourth-order valence-electron chi connectivity index (χ4n) is 2.38. The summed E-state index contributed by atoms with van der Waals surface area (Å²) in [6.45, 7) is 2.86. The first-order chi connectivity index (χ1) is 8.72. The van der Waals surface area contributed by atoms with Crippen LogP contribution in [-0.2, 0) is 14.3 Å². The van der Waals surface area contributed by atoms with E-state index in [1.165, 1.54) is 13.5 Å². The average Bonchev–Trinajstić information content (AvgIpc) is 2.46. The standard InChI is InChI=1S/C12H20N2O4/c1-17-11(15)10-9-14(7-8-18-10)12(16)13-5-3-2-4-6-13/h10H,2-9H2,1H3. The molecule has 1 atom stereocenters. The number of carbonyl (C=O) groups is 2. The molecule has 2 rings (SSSR count). The zero-order chi connectivity index (χ0) is 13.0. The number of urea groups is 1. The Kier molecular flexibility index (Phi) is 4.41. The van der Waals surface area contributed by atoms with Crippen LogP contribution in [0.15, 0.2) is 0 Å². The van der Waals surface area contributed by atoms with Crippen LogP contribution >= 0.6 is 0 Å². The quantitative estimate of drug-likeness (QED) is 0.640. The largest absolute Gasteiger partial charge is 0.467 e. The van der Waals surface area contributed by atoms with Crippen molar-refractivity contribution in [2.24, 2.45) is 0 Å². The molecule has 2 fully saturated rings. The van der Waals surface area contributed by atoms with Crippen LogP contribution in [0.4, 0.5) is 4.79 Å². The fraction of sp³-hybridized carbons (Fsp3) is 0.833. The van der Waals surface area contributed by atoms with Crippen molar-refractivity contribution in [2.45, 2.75) is 25.4 Å². The minimum absolute atomic E-state index is 0.0203. The molecule has 0 N–H and O–H groups in total. The molecule has 0 aromatic heterocycles. The van der Waals surface area contributed by atoms with Gasteiger partial charge in [0.15, 0.2) is 6.10 Å². The highest BCUT2D eigenvalue weighted by atomic mass is 16.6. The molecule has 0 aromatic carbocycles. The predicted molar refractivity (Wildman–Crippen MR) is 64.1 cm³/mol. The molecule has 0 spiro atoms. The van der Waals surface area contributed by atoms with Gasteiger partial charge in [0.1, 0.15) is 0 Å². The molecular formula is C12H20N2O4. The minimum atomic E-state index is -0.641. The van der Waals surface area contributed by atoms with E-state index >= 15 is 0 Å². The van der Waals surface area contributed by atoms with Gasteiger partial charge in [-0.15, -0.1) is 0 Å². The van der Waals surface area contributed by atoms with E-state index in [0.717, 1.165) is 25.9 Å². The first kappa shape index (κ1) is 13.1. The van der Waals surface area contributed by atoms with Crippen LogP contribution in [0.5, 0.6) is 0 Å². The third-order valence-corrected chi connectivity index (χ3v) is 3.43. The van der Waals surface area contributed by atoms with E-state index < -0.39 is 12.1 Å². The van der Waals surface area contributed by atoms with E-state index in [9.17, 15) is 9.59 Å². The molecule has 2 saturated heterocycles. The number of methoxy groups -OCH3 is 1. The van der Waals surface area contributed by atoms with E-state index in [2.05, 4.69) is 4.74 Å². The third kappa shape index (κ3) is 2.93. The van der Waals surface area contributed by atoms with E-state index in [0.29, 0.717) is 19.7 Å². The lowest BCUT2D eigenvalue weighted by molar-refractivity contribution is -0.158. The summed E-state index contributed by atoms with van der Waals surface area (Å²) in [6.07, 6.45) is 2.68. The van der Waals surface area contributed by atoms with Gasteiger partial charge in [0.25, 0.3) is 0 Å². The summed E-state index contributed by atoms with van der Waals surface area (Å²) in [5.41, 5.74) is 0. The number of amides is 2. The Balaban J connectivity index is 1.91. The zero-order valence-electron chi connectivity index (χ0n) is 10.8. The SMILES string of the molecule is COC(=O)C1CN(C(=O)N2CCCCC2)CCO1. The number of rotatable bonds is 1. The third-order valence-electron chi connectivity index (χ3n) is 3.43. The van der Waals surface area contributed by atoms with Crippen LogP contribution in [0.3, 0.4) is 0 Å². The number of carbonyl (C=O) groups excluding carboxylic acids is 2. The number of esters is 1. The first-order valence-corrected chi connectivity index (χ1v) is 6.45. The minimum Gasteiger partial charge on any atom is -0.467 e. The molecule has 102 valence electrons. The highest BCUT2D eigenvalue weighted by Crippen LogP contribution is 2.14. The van der Waals surface area contributed by atoms with Gasteiger partial charge in [-0.25, -0.2) is 9.59 Å². The van der Waals surface area contributed by atoms with Crippen molar-refractivity contribution < 1.29 is 19.1 Å². The van der Waals surface area contributed by atoms with Crippen molar-refractivity contribution in [3.63, 3.8) is 0 Å². The molecule has 0 saturated carbocycles. The second-order valence-electron chi connectivity index (χ2n) is 4.66. The molecule has 0 bridgehead atoms. The summed E-state index contributed by atoms with van der Waals surface area (Å²) in [7, 11) is 1.33. The van der Waals surface area contributed by atoms with Gasteiger partial charge in [0.2, 0.25) is 0 Å². The van der Waals surface area contributed by atoms with Gasteiger partial charge in [-0.05, 0) is 19.3 Å². The van der Waals surface area contributed by atoms with Crippen LogP contribution in [-0.4, -0.2) is 67.8 Å². The van der Waals surface area contributed by atoms with Gasteiger partial charge in [0.05, 0.1) is 20.3 Å². The van der Waals surface area contributed by atoms with Gasteiger partial charge < -0.3 is 19.3 Å². The summed E-state index contributed by atoms with van der Waals surface area (Å²) < 4.78 is 9.96. The highest BCUT2D eigenvalue weighted by molar-refractivity contribution is 5.78. The summed E-state index contributed by atoms with van der Waals surface area (Å²) in [4.78, 5) is 27.2. The number of hydrogen-bond acceptors (Lipinski definition) is 4. The summed E-state index contributed by atoms with van der Waals surface area (Å²) >= 11 is 0. The van der Waals surface area contributed by atoms with E-state index in [-0.39, 0.29) is 6.03 Å². The number of likely N-dealkylation sites (tertiary alicyclic amines) is 1. The number of hydrogen-bond donors (Lipinski definition) is 0. The number of piperidine rings is 1. The first-order valence-electron chi connectivity index (χ1n) is 6.45. The average molecular weight is 256 g/mol. The van der Waals surface area contributed by atoms with Crippen LogP contribution in [0.2, 0.25) is 0 Å². The van der Waals surface area contributed by atoms with E-state index in [4.69, 9.17) is 4.74 Å². The molecular weight excluding hydrogens is 236 g/mol. The number of nitrogens with zero attached hydrogens (tertiary/aromatic N) is 2. The molecule has 2 aliphatic heterocycles. The molecule has 2 aliphatic rings. The lowest BCUT2D eigenvalue weighted by atomic mass is 10.1. The summed E-state index contributed by atoms with van der Waals surface area (Å²) in [6, 6.07) is 0.0203. The van der Waals surface area contributed by atoms with Crippen molar-refractivity contribution in [1.82, 2.24) is 9.80 Å². The van der Waals surface area contributed by atoms with Crippen molar-refractivity contribution in [2.75, 3.05) is 39.9 Å². The van der Waals surface area contributed by atoms with Gasteiger partial charge in [0, 0.05) is 19.6 Å². The maximum atomic E-state index is 12.3. The van der Waals surface area contributed by atoms with Crippen molar-refractivity contribution in [3.8, 4) is 0 Å². The van der Waals surface area contributed by atoms with Gasteiger partial charge >= 0.3 is 12.0 Å². The Morgan fingerprint density at radius 1 is 1.11 bits per heavy atom. The predicted octanol–water partition coefficient (Wildman–Crippen LogP) is 0.466. The number of ether oxygens (including phenoxy) is 2. The van der Waals surface area contributed by atoms with Crippen LogP contribution in [0.1, 0.15) is 19.3 Å². The van der Waals surface area contributed by atoms with Crippen LogP contribution in [0, 0.1) is 0 Å². The second kappa shape index (κ2) is 6.04. The fourth-order valence-corrected chi connectivity index (χ4v) is 2.38. The molecule has 1 unspecified atom stereocenters. The molecule has 0 aromatic rings. The van der Waals surface area contributed by atoms with Crippen molar-refractivity contribution in [3.05, 3.63) is 0 Å². The lowest BCUT2D eigenvalue weighted by Gasteiger charge is -2.36. The van der Waals surface area contributed by atoms with Crippen LogP contribution < -0.4 is 0 Å². The topological polar surface area (TPSA) is 59.1 Å². The Hall–Kier alpha value is -1.30. The molecule has 6 nitrogen and oxygen atoms in total. The summed E-state index contributed by atoms with van der Waals surface area (Å²) in [5.74, 6) is -0.411. The Morgan fingerprint density at radius 3 is 2.50 bits per heavy atom. The summed E-state index contributed by atoms with van der Waals surface area (Å²) in [5, 5.41) is 0. The number of morpholine rings is 1. The Labute approximate surface area is 107 Å². The molecule has 6 heteroatoms. The highest BCUT2D eigenvalue weighted by Gasteiger charge is 2.32. The molecule has 18 heavy (non-hydrogen) atoms. The molecule has 2 heterocycles. The molecule has 2 amide bonds. The molecule has 0 radical (unpaired) electrons. The zero-order valence-corrected chi connectivity index (χ0v) is 10.8. The normalized spacial score (nSPS) is 24.8. The van der Waals surface area contributed by atoms with Crippen LogP contribution in [0.25, 0.3) is 0 Å². The Morgan fingerprint density at radius 2 is 1.83 bits per heavy atom. The Bertz CT molecular complexity index is 315. The lowest BCUT2D eigenvalue weighted by Crippen LogP contribution is -2.53. The van der Waals surface area contributed by atoms with Gasteiger partial charge in [-0.3, -0.25) is 0 Å². The van der Waals surface area contributed by atoms with E-state index in [1.807, 2.05) is 4.90 Å². The van der Waals surface area contributed by atoms with Crippen molar-refractivity contribution >= 4 is 12.0 Å². The smallest absolute Gasteiger partial charge is 0.336 e. The maximum absolute atomic E-state index is 12.3. The van der Waals surface area contributed by atoms with E-state index in [1.54, 1.807) is 4.90 Å². The second-order valence-corrected chi connectivity index (χ2v) is 4.66. The monoisotopic (exact) mass is 256 g/mol.